The van der Waals surface area contributed by atoms with Crippen molar-refractivity contribution in [1.29, 1.82) is 0 Å². The molecule has 7 nitrogen and oxygen atoms in total. The van der Waals surface area contributed by atoms with Crippen LogP contribution in [0.3, 0.4) is 0 Å². The molecule has 26 heavy (non-hydrogen) atoms. The number of rotatable bonds is 6. The fourth-order valence-electron chi connectivity index (χ4n) is 3.00. The molecule has 0 unspecified atom stereocenters. The summed E-state index contributed by atoms with van der Waals surface area (Å²) in [4.78, 5) is 10.0. The van der Waals surface area contributed by atoms with E-state index in [9.17, 15) is 0 Å². The summed E-state index contributed by atoms with van der Waals surface area (Å²) in [6.07, 6.45) is 8.63. The predicted octanol–water partition coefficient (Wildman–Crippen LogP) is 2.55. The molecular weight excluding hydrogens is 461 g/mol. The summed E-state index contributed by atoms with van der Waals surface area (Å²) >= 11 is 1.75. The quantitative estimate of drug-likeness (QED) is 0.371. The molecule has 1 aliphatic heterocycles. The standard InChI is InChI=1S/C17H27N7S.HI/c1-3-13-11-20-16(25-13)12-21-17(18-2)19-9-8-15-23-22-14-7-5-4-6-10-24(14)15;/h11H,3-10,12H2,1-2H3,(H2,18,19,21);1H. The van der Waals surface area contributed by atoms with Gasteiger partial charge >= 0.3 is 0 Å². The number of nitrogens with zero attached hydrogens (tertiary/aromatic N) is 5. The molecule has 0 fully saturated rings. The van der Waals surface area contributed by atoms with Crippen molar-refractivity contribution < 1.29 is 0 Å². The van der Waals surface area contributed by atoms with Gasteiger partial charge in [-0.3, -0.25) is 4.99 Å². The molecule has 0 atom stereocenters. The van der Waals surface area contributed by atoms with Gasteiger partial charge in [-0.25, -0.2) is 4.98 Å². The van der Waals surface area contributed by atoms with Crippen molar-refractivity contribution in [2.45, 2.75) is 58.5 Å². The molecule has 144 valence electrons. The van der Waals surface area contributed by atoms with Gasteiger partial charge in [-0.15, -0.1) is 45.5 Å². The minimum Gasteiger partial charge on any atom is -0.356 e. The van der Waals surface area contributed by atoms with Gasteiger partial charge in [0.1, 0.15) is 16.7 Å². The number of hydrogen-bond acceptors (Lipinski definition) is 5. The second-order valence-corrected chi connectivity index (χ2v) is 7.37. The molecular formula is C17H28IN7S. The lowest BCUT2D eigenvalue weighted by atomic mass is 10.2. The molecule has 0 amide bonds. The van der Waals surface area contributed by atoms with Crippen LogP contribution < -0.4 is 10.6 Å². The fourth-order valence-corrected chi connectivity index (χ4v) is 3.80. The van der Waals surface area contributed by atoms with E-state index in [1.165, 1.54) is 24.1 Å². The number of nitrogens with one attached hydrogen (secondary N) is 2. The maximum Gasteiger partial charge on any atom is 0.191 e. The van der Waals surface area contributed by atoms with E-state index in [2.05, 4.69) is 42.3 Å². The Labute approximate surface area is 176 Å². The molecule has 1 aliphatic rings. The number of thiazole rings is 1. The zero-order valence-electron chi connectivity index (χ0n) is 15.5. The summed E-state index contributed by atoms with van der Waals surface area (Å²) in [6.45, 7) is 4.69. The Kier molecular flexibility index (Phi) is 8.76. The number of aliphatic imine (C=N–C) groups is 1. The molecule has 9 heteroatoms. The van der Waals surface area contributed by atoms with Gasteiger partial charge in [-0.2, -0.15) is 0 Å². The third-order valence-electron chi connectivity index (χ3n) is 4.41. The molecule has 0 aromatic carbocycles. The van der Waals surface area contributed by atoms with Gasteiger partial charge in [-0.05, 0) is 19.3 Å². The lowest BCUT2D eigenvalue weighted by Crippen LogP contribution is -2.38. The highest BCUT2D eigenvalue weighted by molar-refractivity contribution is 14.0. The highest BCUT2D eigenvalue weighted by atomic mass is 127. The van der Waals surface area contributed by atoms with E-state index in [1.54, 1.807) is 18.4 Å². The second-order valence-electron chi connectivity index (χ2n) is 6.17. The van der Waals surface area contributed by atoms with Crippen LogP contribution in [0.15, 0.2) is 11.2 Å². The molecule has 3 rings (SSSR count). The molecule has 0 aliphatic carbocycles. The van der Waals surface area contributed by atoms with Gasteiger partial charge < -0.3 is 15.2 Å². The van der Waals surface area contributed by atoms with Crippen LogP contribution >= 0.6 is 35.3 Å². The van der Waals surface area contributed by atoms with Crippen molar-refractivity contribution in [3.63, 3.8) is 0 Å². The summed E-state index contributed by atoms with van der Waals surface area (Å²) in [5.41, 5.74) is 0. The van der Waals surface area contributed by atoms with E-state index in [0.29, 0.717) is 6.54 Å². The Balaban J connectivity index is 0.00000243. The largest absolute Gasteiger partial charge is 0.356 e. The van der Waals surface area contributed by atoms with Gasteiger partial charge in [0.2, 0.25) is 0 Å². The van der Waals surface area contributed by atoms with Crippen molar-refractivity contribution in [2.24, 2.45) is 4.99 Å². The van der Waals surface area contributed by atoms with Crippen molar-refractivity contribution in [3.05, 3.63) is 27.7 Å². The van der Waals surface area contributed by atoms with Crippen LogP contribution in [0.1, 0.15) is 47.7 Å². The van der Waals surface area contributed by atoms with Gasteiger partial charge in [0.05, 0.1) is 6.54 Å². The minimum absolute atomic E-state index is 0. The molecule has 0 saturated heterocycles. The average molecular weight is 489 g/mol. The maximum absolute atomic E-state index is 4.42. The lowest BCUT2D eigenvalue weighted by Gasteiger charge is -2.11. The Bertz CT molecular complexity index is 710. The van der Waals surface area contributed by atoms with Crippen LogP contribution in [-0.2, 0) is 32.4 Å². The summed E-state index contributed by atoms with van der Waals surface area (Å²) < 4.78 is 2.30. The monoisotopic (exact) mass is 489 g/mol. The Morgan fingerprint density at radius 1 is 1.27 bits per heavy atom. The van der Waals surface area contributed by atoms with Crippen molar-refractivity contribution >= 4 is 41.3 Å². The topological polar surface area (TPSA) is 80.0 Å². The van der Waals surface area contributed by atoms with E-state index >= 15 is 0 Å². The highest BCUT2D eigenvalue weighted by Gasteiger charge is 2.14. The van der Waals surface area contributed by atoms with Crippen molar-refractivity contribution in [1.82, 2.24) is 30.4 Å². The molecule has 2 N–H and O–H groups in total. The number of fused-ring (bicyclic) bond motifs is 1. The molecule has 0 radical (unpaired) electrons. The number of guanidine groups is 1. The number of halogens is 1. The van der Waals surface area contributed by atoms with Crippen molar-refractivity contribution in [3.8, 4) is 0 Å². The van der Waals surface area contributed by atoms with Gasteiger partial charge in [0.25, 0.3) is 0 Å². The fraction of sp³-hybridized carbons (Fsp3) is 0.647. The molecule has 0 spiro atoms. The van der Waals surface area contributed by atoms with Crippen LogP contribution in [0.2, 0.25) is 0 Å². The summed E-state index contributed by atoms with van der Waals surface area (Å²) in [5.74, 6) is 3.02. The first-order valence-corrected chi connectivity index (χ1v) is 9.91. The van der Waals surface area contributed by atoms with Gasteiger partial charge in [0, 0.05) is 44.1 Å². The zero-order valence-corrected chi connectivity index (χ0v) is 18.6. The Morgan fingerprint density at radius 2 is 2.15 bits per heavy atom. The zero-order chi connectivity index (χ0) is 17.5. The van der Waals surface area contributed by atoms with E-state index < -0.39 is 0 Å². The molecule has 3 heterocycles. The number of aryl methyl sites for hydroxylation is 2. The lowest BCUT2D eigenvalue weighted by molar-refractivity contribution is 0.600. The first-order chi connectivity index (χ1) is 12.3. The van der Waals surface area contributed by atoms with Gasteiger partial charge in [0.15, 0.2) is 5.96 Å². The van der Waals surface area contributed by atoms with E-state index in [0.717, 1.165) is 55.0 Å². The summed E-state index contributed by atoms with van der Waals surface area (Å²) in [5, 5.41) is 16.5. The molecule has 2 aromatic rings. The third-order valence-corrected chi connectivity index (χ3v) is 5.55. The smallest absolute Gasteiger partial charge is 0.191 e. The molecule has 0 saturated carbocycles. The van der Waals surface area contributed by atoms with Crippen LogP contribution in [0, 0.1) is 0 Å². The Hall–Kier alpha value is -1.23. The number of aromatic nitrogens is 4. The van der Waals surface area contributed by atoms with Crippen LogP contribution in [0.25, 0.3) is 0 Å². The van der Waals surface area contributed by atoms with E-state index in [-0.39, 0.29) is 24.0 Å². The SMILES string of the molecule is CCc1cnc(CNC(=NC)NCCc2nnc3n2CCCCC3)s1.I. The predicted molar refractivity (Wildman–Crippen MR) is 116 cm³/mol. The maximum atomic E-state index is 4.42. The molecule has 2 aromatic heterocycles. The van der Waals surface area contributed by atoms with E-state index in [1.807, 2.05) is 6.20 Å². The van der Waals surface area contributed by atoms with Crippen LogP contribution in [-0.4, -0.2) is 39.3 Å². The first kappa shape index (κ1) is 21.1. The second kappa shape index (κ2) is 10.8. The first-order valence-electron chi connectivity index (χ1n) is 9.09. The van der Waals surface area contributed by atoms with E-state index in [4.69, 9.17) is 0 Å². The average Bonchev–Trinajstić information content (AvgIpc) is 3.18. The van der Waals surface area contributed by atoms with Crippen LogP contribution in [0.5, 0.6) is 0 Å². The van der Waals surface area contributed by atoms with Crippen molar-refractivity contribution in [2.75, 3.05) is 13.6 Å². The normalized spacial score (nSPS) is 14.3. The third kappa shape index (κ3) is 5.63. The minimum atomic E-state index is 0. The number of hydrogen-bond donors (Lipinski definition) is 2. The Morgan fingerprint density at radius 3 is 2.92 bits per heavy atom. The summed E-state index contributed by atoms with van der Waals surface area (Å²) in [6, 6.07) is 0. The van der Waals surface area contributed by atoms with Gasteiger partial charge in [-0.1, -0.05) is 13.3 Å². The summed E-state index contributed by atoms with van der Waals surface area (Å²) in [7, 11) is 1.79. The molecule has 0 bridgehead atoms. The van der Waals surface area contributed by atoms with Crippen LogP contribution in [0.4, 0.5) is 0 Å². The highest BCUT2D eigenvalue weighted by Crippen LogP contribution is 2.14.